The van der Waals surface area contributed by atoms with Crippen LogP contribution in [0.1, 0.15) is 30.3 Å². The molecule has 2 N–H and O–H groups in total. The topological polar surface area (TPSA) is 60.9 Å². The minimum Gasteiger partial charge on any atom is -0.321 e. The summed E-state index contributed by atoms with van der Waals surface area (Å²) in [6, 6.07) is 5.60. The van der Waals surface area contributed by atoms with Gasteiger partial charge in [0.05, 0.1) is 16.9 Å². The third kappa shape index (κ3) is 1.48. The van der Waals surface area contributed by atoms with Crippen molar-refractivity contribution < 1.29 is 0 Å². The molecule has 1 aliphatic rings. The molecule has 17 heavy (non-hydrogen) atoms. The lowest BCUT2D eigenvalue weighted by Gasteiger charge is -2.23. The zero-order valence-electron chi connectivity index (χ0n) is 9.81. The van der Waals surface area contributed by atoms with E-state index in [0.717, 1.165) is 36.3 Å². The van der Waals surface area contributed by atoms with E-state index in [-0.39, 0.29) is 11.6 Å². The second-order valence-electron chi connectivity index (χ2n) is 4.65. The Bertz CT molecular complexity index is 645. The highest BCUT2D eigenvalue weighted by Crippen LogP contribution is 2.22. The lowest BCUT2D eigenvalue weighted by molar-refractivity contribution is 0.435. The fraction of sp³-hybridized carbons (Fsp3) is 0.385. The van der Waals surface area contributed by atoms with E-state index in [1.54, 1.807) is 4.57 Å². The quantitative estimate of drug-likeness (QED) is 0.744. The standard InChI is InChI=1S/C13H15N3O/c1-8-4-2-5-9-11(8)15-12-10(14)6-3-7-16(12)13(9)17/h2,4-5,10H,3,6-7,14H2,1H3/t10-/m0/s1. The normalized spacial score (nSPS) is 19.3. The predicted molar refractivity (Wildman–Crippen MR) is 66.9 cm³/mol. The molecular weight excluding hydrogens is 214 g/mol. The number of hydrogen-bond donors (Lipinski definition) is 1. The molecule has 0 spiro atoms. The number of aromatic nitrogens is 2. The van der Waals surface area contributed by atoms with Crippen LogP contribution in [-0.2, 0) is 6.54 Å². The highest BCUT2D eigenvalue weighted by atomic mass is 16.1. The van der Waals surface area contributed by atoms with Gasteiger partial charge in [-0.05, 0) is 31.4 Å². The van der Waals surface area contributed by atoms with Crippen LogP contribution in [0.3, 0.4) is 0 Å². The Morgan fingerprint density at radius 3 is 3.12 bits per heavy atom. The lowest BCUT2D eigenvalue weighted by atomic mass is 10.1. The Morgan fingerprint density at radius 1 is 1.47 bits per heavy atom. The molecule has 0 bridgehead atoms. The van der Waals surface area contributed by atoms with Gasteiger partial charge in [-0.3, -0.25) is 9.36 Å². The van der Waals surface area contributed by atoms with Crippen LogP contribution < -0.4 is 11.3 Å². The van der Waals surface area contributed by atoms with Crippen LogP contribution in [0, 0.1) is 6.92 Å². The Morgan fingerprint density at radius 2 is 2.29 bits per heavy atom. The molecule has 0 saturated carbocycles. The van der Waals surface area contributed by atoms with Crippen molar-refractivity contribution in [1.82, 2.24) is 9.55 Å². The third-order valence-electron chi connectivity index (χ3n) is 3.44. The molecular formula is C13H15N3O. The molecule has 1 aromatic carbocycles. The van der Waals surface area contributed by atoms with E-state index in [1.165, 1.54) is 0 Å². The van der Waals surface area contributed by atoms with Gasteiger partial charge in [-0.25, -0.2) is 4.98 Å². The predicted octanol–water partition coefficient (Wildman–Crippen LogP) is 1.50. The van der Waals surface area contributed by atoms with Crippen molar-refractivity contribution in [2.24, 2.45) is 5.73 Å². The largest absolute Gasteiger partial charge is 0.321 e. The molecule has 1 aliphatic heterocycles. The number of rotatable bonds is 0. The Labute approximate surface area is 99.1 Å². The highest BCUT2D eigenvalue weighted by molar-refractivity contribution is 5.80. The molecule has 3 rings (SSSR count). The van der Waals surface area contributed by atoms with Gasteiger partial charge in [0.25, 0.3) is 5.56 Å². The summed E-state index contributed by atoms with van der Waals surface area (Å²) in [5.41, 5.74) is 7.90. The van der Waals surface area contributed by atoms with Gasteiger partial charge in [-0.1, -0.05) is 12.1 Å². The van der Waals surface area contributed by atoms with Gasteiger partial charge in [0.2, 0.25) is 0 Å². The van der Waals surface area contributed by atoms with E-state index in [1.807, 2.05) is 25.1 Å². The molecule has 4 nitrogen and oxygen atoms in total. The fourth-order valence-electron chi connectivity index (χ4n) is 2.50. The summed E-state index contributed by atoms with van der Waals surface area (Å²) in [6.45, 7) is 2.71. The summed E-state index contributed by atoms with van der Waals surface area (Å²) in [5.74, 6) is 0.739. The lowest BCUT2D eigenvalue weighted by Crippen LogP contribution is -2.33. The van der Waals surface area contributed by atoms with Crippen LogP contribution in [0.4, 0.5) is 0 Å². The zero-order valence-corrected chi connectivity index (χ0v) is 9.81. The number of hydrogen-bond acceptors (Lipinski definition) is 3. The van der Waals surface area contributed by atoms with E-state index in [0.29, 0.717) is 5.39 Å². The molecule has 88 valence electrons. The third-order valence-corrected chi connectivity index (χ3v) is 3.44. The van der Waals surface area contributed by atoms with Crippen molar-refractivity contribution in [1.29, 1.82) is 0 Å². The fourth-order valence-corrected chi connectivity index (χ4v) is 2.50. The first-order valence-electron chi connectivity index (χ1n) is 5.94. The molecule has 2 aromatic rings. The molecule has 0 amide bonds. The average molecular weight is 229 g/mol. The Balaban J connectivity index is 2.44. The summed E-state index contributed by atoms with van der Waals surface area (Å²) >= 11 is 0. The monoisotopic (exact) mass is 229 g/mol. The van der Waals surface area contributed by atoms with Crippen LogP contribution >= 0.6 is 0 Å². The van der Waals surface area contributed by atoms with Gasteiger partial charge in [0, 0.05) is 6.54 Å². The Hall–Kier alpha value is -1.68. The second-order valence-corrected chi connectivity index (χ2v) is 4.65. The number of nitrogens with zero attached hydrogens (tertiary/aromatic N) is 2. The van der Waals surface area contributed by atoms with Crippen molar-refractivity contribution in [3.63, 3.8) is 0 Å². The maximum Gasteiger partial charge on any atom is 0.261 e. The first kappa shape index (κ1) is 10.5. The first-order valence-corrected chi connectivity index (χ1v) is 5.94. The molecule has 0 unspecified atom stereocenters. The SMILES string of the molecule is Cc1cccc2c(=O)n3c(nc12)[C@@H](N)CCC3. The summed E-state index contributed by atoms with van der Waals surface area (Å²) < 4.78 is 1.73. The van der Waals surface area contributed by atoms with E-state index in [2.05, 4.69) is 4.98 Å². The maximum absolute atomic E-state index is 12.3. The van der Waals surface area contributed by atoms with Gasteiger partial charge < -0.3 is 5.73 Å². The minimum atomic E-state index is -0.111. The van der Waals surface area contributed by atoms with Gasteiger partial charge in [0.1, 0.15) is 5.82 Å². The van der Waals surface area contributed by atoms with E-state index >= 15 is 0 Å². The molecule has 0 fully saturated rings. The summed E-state index contributed by atoms with van der Waals surface area (Å²) in [7, 11) is 0. The van der Waals surface area contributed by atoms with Crippen LogP contribution in [0.2, 0.25) is 0 Å². The Kier molecular flexibility index (Phi) is 2.26. The number of benzene rings is 1. The van der Waals surface area contributed by atoms with Crippen molar-refractivity contribution in [2.75, 3.05) is 0 Å². The first-order chi connectivity index (χ1) is 8.18. The number of para-hydroxylation sites is 1. The van der Waals surface area contributed by atoms with Crippen LogP contribution in [0.5, 0.6) is 0 Å². The van der Waals surface area contributed by atoms with E-state index in [9.17, 15) is 4.79 Å². The van der Waals surface area contributed by atoms with Crippen LogP contribution in [0.15, 0.2) is 23.0 Å². The molecule has 1 aromatic heterocycles. The minimum absolute atomic E-state index is 0.0452. The summed E-state index contributed by atoms with van der Waals surface area (Å²) in [5, 5.41) is 0.697. The van der Waals surface area contributed by atoms with Crippen molar-refractivity contribution >= 4 is 10.9 Å². The van der Waals surface area contributed by atoms with Crippen molar-refractivity contribution in [3.8, 4) is 0 Å². The van der Waals surface area contributed by atoms with Crippen LogP contribution in [0.25, 0.3) is 10.9 Å². The van der Waals surface area contributed by atoms with Crippen molar-refractivity contribution in [2.45, 2.75) is 32.4 Å². The smallest absolute Gasteiger partial charge is 0.261 e. The van der Waals surface area contributed by atoms with Gasteiger partial charge in [-0.15, -0.1) is 0 Å². The zero-order chi connectivity index (χ0) is 12.0. The highest BCUT2D eigenvalue weighted by Gasteiger charge is 2.21. The van der Waals surface area contributed by atoms with Gasteiger partial charge in [-0.2, -0.15) is 0 Å². The molecule has 4 heteroatoms. The molecule has 2 heterocycles. The molecule has 0 radical (unpaired) electrons. The van der Waals surface area contributed by atoms with Gasteiger partial charge >= 0.3 is 0 Å². The second kappa shape index (κ2) is 3.67. The van der Waals surface area contributed by atoms with Gasteiger partial charge in [0.15, 0.2) is 0 Å². The van der Waals surface area contributed by atoms with E-state index < -0.39 is 0 Å². The molecule has 0 saturated heterocycles. The van der Waals surface area contributed by atoms with Crippen molar-refractivity contribution in [3.05, 3.63) is 39.9 Å². The number of nitrogens with two attached hydrogens (primary N) is 1. The maximum atomic E-state index is 12.3. The number of fused-ring (bicyclic) bond motifs is 2. The van der Waals surface area contributed by atoms with Crippen LogP contribution in [-0.4, -0.2) is 9.55 Å². The van der Waals surface area contributed by atoms with E-state index in [4.69, 9.17) is 5.73 Å². The molecule has 1 atom stereocenters. The average Bonchev–Trinajstić information content (AvgIpc) is 2.32. The number of aryl methyl sites for hydroxylation is 1. The summed E-state index contributed by atoms with van der Waals surface area (Å²) in [4.78, 5) is 16.9. The summed E-state index contributed by atoms with van der Waals surface area (Å²) in [6.07, 6.45) is 1.86. The molecule has 0 aliphatic carbocycles.